The Morgan fingerprint density at radius 2 is 2.15 bits per heavy atom. The molecule has 1 aromatic rings. The lowest BCUT2D eigenvalue weighted by Crippen LogP contribution is -2.35. The Morgan fingerprint density at radius 3 is 2.80 bits per heavy atom. The number of aliphatic hydroxyl groups is 1. The van der Waals surface area contributed by atoms with Crippen LogP contribution < -0.4 is 5.32 Å². The predicted molar refractivity (Wildman–Crippen MR) is 84.2 cm³/mol. The molecule has 112 valence electrons. The van der Waals surface area contributed by atoms with Crippen LogP contribution in [0, 0.1) is 0 Å². The maximum atomic E-state index is 9.38. The summed E-state index contributed by atoms with van der Waals surface area (Å²) in [5.41, 5.74) is 1.29. The van der Waals surface area contributed by atoms with E-state index >= 15 is 0 Å². The molecule has 2 unspecified atom stereocenters. The molecular formula is C16H25ClN2O. The van der Waals surface area contributed by atoms with Gasteiger partial charge in [0.2, 0.25) is 0 Å². The molecular weight excluding hydrogens is 272 g/mol. The fourth-order valence-electron chi connectivity index (χ4n) is 3.02. The zero-order valence-corrected chi connectivity index (χ0v) is 12.9. The van der Waals surface area contributed by atoms with Crippen LogP contribution >= 0.6 is 11.6 Å². The lowest BCUT2D eigenvalue weighted by Gasteiger charge is -2.26. The molecule has 1 saturated heterocycles. The van der Waals surface area contributed by atoms with Gasteiger partial charge in [-0.15, -0.1) is 0 Å². The molecule has 3 nitrogen and oxygen atoms in total. The first-order valence-electron chi connectivity index (χ1n) is 7.58. The minimum absolute atomic E-state index is 0.285. The van der Waals surface area contributed by atoms with Crippen molar-refractivity contribution in [2.24, 2.45) is 0 Å². The maximum Gasteiger partial charge on any atom is 0.0586 e. The quantitative estimate of drug-likeness (QED) is 0.812. The van der Waals surface area contributed by atoms with Gasteiger partial charge in [-0.05, 0) is 50.0 Å². The van der Waals surface area contributed by atoms with Crippen LogP contribution in [0.5, 0.6) is 0 Å². The topological polar surface area (TPSA) is 35.5 Å². The van der Waals surface area contributed by atoms with E-state index in [0.717, 1.165) is 37.5 Å². The minimum Gasteiger partial charge on any atom is -0.395 e. The molecule has 2 N–H and O–H groups in total. The average molecular weight is 297 g/mol. The summed E-state index contributed by atoms with van der Waals surface area (Å²) in [4.78, 5) is 2.42. The van der Waals surface area contributed by atoms with Crippen LogP contribution in [0.25, 0.3) is 0 Å². The van der Waals surface area contributed by atoms with E-state index in [2.05, 4.69) is 29.3 Å². The highest BCUT2D eigenvalue weighted by Crippen LogP contribution is 2.22. The van der Waals surface area contributed by atoms with Gasteiger partial charge in [0.05, 0.1) is 6.61 Å². The predicted octanol–water partition coefficient (Wildman–Crippen LogP) is 2.84. The van der Waals surface area contributed by atoms with E-state index in [1.165, 1.54) is 12.0 Å². The van der Waals surface area contributed by atoms with Crippen molar-refractivity contribution < 1.29 is 5.11 Å². The normalized spacial score (nSPS) is 21.2. The zero-order chi connectivity index (χ0) is 14.4. The van der Waals surface area contributed by atoms with Crippen molar-refractivity contribution in [1.82, 2.24) is 10.2 Å². The van der Waals surface area contributed by atoms with E-state index < -0.39 is 0 Å². The monoisotopic (exact) mass is 296 g/mol. The van der Waals surface area contributed by atoms with Gasteiger partial charge in [-0.2, -0.15) is 0 Å². The highest BCUT2D eigenvalue weighted by Gasteiger charge is 2.24. The number of aliphatic hydroxyl groups excluding tert-OH is 1. The fraction of sp³-hybridized carbons (Fsp3) is 0.625. The number of likely N-dealkylation sites (tertiary alicyclic amines) is 1. The first-order valence-corrected chi connectivity index (χ1v) is 7.96. The molecule has 0 amide bonds. The van der Waals surface area contributed by atoms with Gasteiger partial charge in [0.25, 0.3) is 0 Å². The summed E-state index contributed by atoms with van der Waals surface area (Å²) in [6.45, 7) is 5.52. The van der Waals surface area contributed by atoms with Crippen molar-refractivity contribution in [2.45, 2.75) is 38.3 Å². The molecule has 1 fully saturated rings. The van der Waals surface area contributed by atoms with Crippen LogP contribution in [0.4, 0.5) is 0 Å². The Labute approximate surface area is 126 Å². The van der Waals surface area contributed by atoms with E-state index in [4.69, 9.17) is 11.6 Å². The van der Waals surface area contributed by atoms with Gasteiger partial charge in [0.15, 0.2) is 0 Å². The Bertz CT molecular complexity index is 396. The number of hydrogen-bond acceptors (Lipinski definition) is 3. The van der Waals surface area contributed by atoms with Crippen LogP contribution in [0.1, 0.15) is 37.8 Å². The zero-order valence-electron chi connectivity index (χ0n) is 12.2. The summed E-state index contributed by atoms with van der Waals surface area (Å²) in [7, 11) is 0. The number of hydrogen-bond donors (Lipinski definition) is 2. The highest BCUT2D eigenvalue weighted by molar-refractivity contribution is 6.30. The molecule has 1 aliphatic heterocycles. The van der Waals surface area contributed by atoms with Crippen molar-refractivity contribution in [1.29, 1.82) is 0 Å². The van der Waals surface area contributed by atoms with Gasteiger partial charge in [-0.25, -0.2) is 0 Å². The van der Waals surface area contributed by atoms with Gasteiger partial charge in [0.1, 0.15) is 0 Å². The van der Waals surface area contributed by atoms with Gasteiger partial charge < -0.3 is 10.4 Å². The number of nitrogens with zero attached hydrogens (tertiary/aromatic N) is 1. The van der Waals surface area contributed by atoms with Gasteiger partial charge in [-0.1, -0.05) is 30.7 Å². The minimum atomic E-state index is 0.285. The summed E-state index contributed by atoms with van der Waals surface area (Å²) in [6, 6.07) is 8.83. The summed E-state index contributed by atoms with van der Waals surface area (Å²) >= 11 is 5.96. The van der Waals surface area contributed by atoms with Crippen molar-refractivity contribution >= 4 is 11.6 Å². The molecule has 0 radical (unpaired) electrons. The Kier molecular flexibility index (Phi) is 6.30. The summed E-state index contributed by atoms with van der Waals surface area (Å²) in [6.07, 6.45) is 3.40. The standard InChI is InChI=1S/C16H25ClN2O/c1-2-18-16(13-5-7-14(17)8-6-13)9-11-19-10-3-4-15(19)12-20/h5-8,15-16,18,20H,2-4,9-12H2,1H3. The summed E-state index contributed by atoms with van der Waals surface area (Å²) < 4.78 is 0. The van der Waals surface area contributed by atoms with Gasteiger partial charge >= 0.3 is 0 Å². The van der Waals surface area contributed by atoms with Crippen molar-refractivity contribution in [3.63, 3.8) is 0 Å². The largest absolute Gasteiger partial charge is 0.395 e. The van der Waals surface area contributed by atoms with E-state index in [1.807, 2.05) is 12.1 Å². The Hall–Kier alpha value is -0.610. The molecule has 4 heteroatoms. The second kappa shape index (κ2) is 7.99. The maximum absolute atomic E-state index is 9.38. The third-order valence-corrected chi connectivity index (χ3v) is 4.39. The van der Waals surface area contributed by atoms with E-state index in [1.54, 1.807) is 0 Å². The SMILES string of the molecule is CCNC(CCN1CCCC1CO)c1ccc(Cl)cc1. The number of benzene rings is 1. The molecule has 0 aliphatic carbocycles. The van der Waals surface area contributed by atoms with Crippen LogP contribution in [-0.4, -0.2) is 42.3 Å². The molecule has 2 rings (SSSR count). The number of halogens is 1. The first kappa shape index (κ1) is 15.8. The molecule has 1 aliphatic rings. The molecule has 1 aromatic carbocycles. The third kappa shape index (κ3) is 4.19. The summed E-state index contributed by atoms with van der Waals surface area (Å²) in [5.74, 6) is 0. The lowest BCUT2D eigenvalue weighted by molar-refractivity contribution is 0.154. The highest BCUT2D eigenvalue weighted by atomic mass is 35.5. The summed E-state index contributed by atoms with van der Waals surface area (Å²) in [5, 5.41) is 13.7. The van der Waals surface area contributed by atoms with Crippen LogP contribution in [0.15, 0.2) is 24.3 Å². The molecule has 0 bridgehead atoms. The van der Waals surface area contributed by atoms with E-state index in [9.17, 15) is 5.11 Å². The fourth-order valence-corrected chi connectivity index (χ4v) is 3.15. The lowest BCUT2D eigenvalue weighted by atomic mass is 10.0. The molecule has 0 spiro atoms. The van der Waals surface area contributed by atoms with Crippen molar-refractivity contribution in [2.75, 3.05) is 26.2 Å². The van der Waals surface area contributed by atoms with Crippen LogP contribution in [0.2, 0.25) is 5.02 Å². The smallest absolute Gasteiger partial charge is 0.0586 e. The van der Waals surface area contributed by atoms with Crippen LogP contribution in [-0.2, 0) is 0 Å². The van der Waals surface area contributed by atoms with Crippen LogP contribution in [0.3, 0.4) is 0 Å². The van der Waals surface area contributed by atoms with E-state index in [0.29, 0.717) is 12.1 Å². The molecule has 20 heavy (non-hydrogen) atoms. The van der Waals surface area contributed by atoms with Gasteiger partial charge in [0, 0.05) is 23.7 Å². The Balaban J connectivity index is 1.93. The van der Waals surface area contributed by atoms with Gasteiger partial charge in [-0.3, -0.25) is 4.90 Å². The molecule has 1 heterocycles. The van der Waals surface area contributed by atoms with E-state index in [-0.39, 0.29) is 6.61 Å². The Morgan fingerprint density at radius 1 is 1.40 bits per heavy atom. The third-order valence-electron chi connectivity index (χ3n) is 4.14. The first-order chi connectivity index (χ1) is 9.74. The van der Waals surface area contributed by atoms with Crippen molar-refractivity contribution in [3.05, 3.63) is 34.9 Å². The number of rotatable bonds is 7. The number of nitrogens with one attached hydrogen (secondary N) is 1. The molecule has 0 saturated carbocycles. The molecule has 2 atom stereocenters. The second-order valence-electron chi connectivity index (χ2n) is 5.47. The molecule has 0 aromatic heterocycles. The van der Waals surface area contributed by atoms with Crippen molar-refractivity contribution in [3.8, 4) is 0 Å². The second-order valence-corrected chi connectivity index (χ2v) is 5.90. The average Bonchev–Trinajstić information content (AvgIpc) is 2.92.